The Hall–Kier alpha value is -0.870. The third kappa shape index (κ3) is 3.56. The number of carboxylic acids is 1. The molecule has 0 aliphatic heterocycles. The van der Waals surface area contributed by atoms with Gasteiger partial charge < -0.3 is 10.0 Å². The molecule has 1 aromatic rings. The van der Waals surface area contributed by atoms with Crippen LogP contribution in [0.2, 0.25) is 0 Å². The van der Waals surface area contributed by atoms with Crippen LogP contribution >= 0.6 is 11.3 Å². The normalized spacial score (nSPS) is 18.8. The van der Waals surface area contributed by atoms with Crippen molar-refractivity contribution >= 4 is 17.3 Å². The number of likely N-dealkylation sites (N-methyl/N-ethyl adjacent to an activating group) is 1. The highest BCUT2D eigenvalue weighted by Gasteiger charge is 2.45. The Bertz CT molecular complexity index is 398. The minimum absolute atomic E-state index is 0.0598. The first-order chi connectivity index (χ1) is 8.51. The quantitative estimate of drug-likeness (QED) is 0.826. The second kappa shape index (κ2) is 5.41. The minimum Gasteiger partial charge on any atom is -0.481 e. The number of aliphatic carboxylic acids is 1. The van der Waals surface area contributed by atoms with Crippen LogP contribution in [0.25, 0.3) is 0 Å². The molecule has 0 radical (unpaired) electrons. The first-order valence-corrected chi connectivity index (χ1v) is 7.33. The molecule has 1 aliphatic carbocycles. The maximum atomic E-state index is 10.8. The summed E-state index contributed by atoms with van der Waals surface area (Å²) in [4.78, 5) is 14.6. The van der Waals surface area contributed by atoms with Crippen molar-refractivity contribution in [3.63, 3.8) is 0 Å². The van der Waals surface area contributed by atoms with E-state index in [1.165, 1.54) is 4.88 Å². The van der Waals surface area contributed by atoms with Gasteiger partial charge in [-0.3, -0.25) is 4.79 Å². The number of carbonyl (C=O) groups is 1. The molecule has 1 saturated carbocycles. The van der Waals surface area contributed by atoms with Gasteiger partial charge in [0.15, 0.2) is 0 Å². The highest BCUT2D eigenvalue weighted by atomic mass is 32.1. The van der Waals surface area contributed by atoms with Crippen LogP contribution < -0.4 is 0 Å². The number of rotatable bonds is 7. The van der Waals surface area contributed by atoms with Crippen molar-refractivity contribution in [1.29, 1.82) is 0 Å². The first-order valence-electron chi connectivity index (χ1n) is 6.45. The van der Waals surface area contributed by atoms with Crippen LogP contribution in [-0.2, 0) is 11.2 Å². The van der Waals surface area contributed by atoms with E-state index in [1.54, 1.807) is 11.3 Å². The zero-order chi connectivity index (χ0) is 13.2. The minimum atomic E-state index is -0.660. The van der Waals surface area contributed by atoms with E-state index in [0.29, 0.717) is 12.5 Å². The van der Waals surface area contributed by atoms with Crippen LogP contribution in [0.15, 0.2) is 17.5 Å². The molecule has 0 spiro atoms. The lowest BCUT2D eigenvalue weighted by atomic mass is 10.0. The van der Waals surface area contributed by atoms with Gasteiger partial charge in [0, 0.05) is 17.5 Å². The molecule has 1 aliphatic rings. The average Bonchev–Trinajstić information content (AvgIpc) is 2.83. The topological polar surface area (TPSA) is 40.5 Å². The summed E-state index contributed by atoms with van der Waals surface area (Å²) in [7, 11) is 2.11. The van der Waals surface area contributed by atoms with Crippen molar-refractivity contribution in [2.24, 2.45) is 5.41 Å². The molecule has 1 N–H and O–H groups in total. The Balaban J connectivity index is 1.84. The zero-order valence-corrected chi connectivity index (χ0v) is 11.9. The molecule has 1 fully saturated rings. The summed E-state index contributed by atoms with van der Waals surface area (Å²) in [6, 6.07) is 4.72. The molecule has 1 atom stereocenters. The van der Waals surface area contributed by atoms with Crippen molar-refractivity contribution < 1.29 is 9.90 Å². The third-order valence-corrected chi connectivity index (χ3v) is 4.80. The summed E-state index contributed by atoms with van der Waals surface area (Å²) >= 11 is 1.79. The highest BCUT2D eigenvalue weighted by Crippen LogP contribution is 2.49. The molecule has 18 heavy (non-hydrogen) atoms. The summed E-state index contributed by atoms with van der Waals surface area (Å²) in [5.41, 5.74) is 0.0598. The van der Waals surface area contributed by atoms with Crippen molar-refractivity contribution in [2.75, 3.05) is 13.6 Å². The van der Waals surface area contributed by atoms with E-state index in [4.69, 9.17) is 5.11 Å². The molecule has 4 heteroatoms. The predicted molar refractivity (Wildman–Crippen MR) is 74.0 cm³/mol. The van der Waals surface area contributed by atoms with Crippen molar-refractivity contribution in [3.8, 4) is 0 Å². The van der Waals surface area contributed by atoms with Crippen molar-refractivity contribution in [2.45, 2.75) is 38.6 Å². The van der Waals surface area contributed by atoms with E-state index in [0.717, 1.165) is 25.8 Å². The van der Waals surface area contributed by atoms with Gasteiger partial charge in [-0.05, 0) is 50.1 Å². The summed E-state index contributed by atoms with van der Waals surface area (Å²) < 4.78 is 0. The number of carboxylic acid groups (broad SMARTS) is 1. The largest absolute Gasteiger partial charge is 0.481 e. The Morgan fingerprint density at radius 2 is 2.33 bits per heavy atom. The third-order valence-electron chi connectivity index (χ3n) is 3.90. The number of hydrogen-bond acceptors (Lipinski definition) is 3. The number of hydrogen-bond donors (Lipinski definition) is 1. The predicted octanol–water partition coefficient (Wildman–Crippen LogP) is 2.87. The Morgan fingerprint density at radius 1 is 1.61 bits per heavy atom. The van der Waals surface area contributed by atoms with Crippen molar-refractivity contribution in [1.82, 2.24) is 4.90 Å². The molecule has 1 unspecified atom stereocenters. The monoisotopic (exact) mass is 267 g/mol. The lowest BCUT2D eigenvalue weighted by Crippen LogP contribution is -2.36. The van der Waals surface area contributed by atoms with Gasteiger partial charge in [0.25, 0.3) is 0 Å². The van der Waals surface area contributed by atoms with Gasteiger partial charge in [-0.25, -0.2) is 0 Å². The van der Waals surface area contributed by atoms with Crippen LogP contribution in [0.5, 0.6) is 0 Å². The summed E-state index contributed by atoms with van der Waals surface area (Å²) in [5.74, 6) is -0.660. The van der Waals surface area contributed by atoms with E-state index in [9.17, 15) is 4.79 Å². The summed E-state index contributed by atoms with van der Waals surface area (Å²) in [6.07, 6.45) is 3.51. The zero-order valence-electron chi connectivity index (χ0n) is 11.1. The van der Waals surface area contributed by atoms with Gasteiger partial charge >= 0.3 is 5.97 Å². The Morgan fingerprint density at radius 3 is 2.83 bits per heavy atom. The smallest absolute Gasteiger partial charge is 0.303 e. The molecular weight excluding hydrogens is 246 g/mol. The van der Waals surface area contributed by atoms with Crippen LogP contribution in [0, 0.1) is 5.41 Å². The highest BCUT2D eigenvalue weighted by molar-refractivity contribution is 7.09. The number of thiophene rings is 1. The molecule has 0 bridgehead atoms. The van der Waals surface area contributed by atoms with E-state index >= 15 is 0 Å². The molecular formula is C14H21NO2S. The fourth-order valence-electron chi connectivity index (χ4n) is 2.45. The number of nitrogens with zero attached hydrogens (tertiary/aromatic N) is 1. The SMILES string of the molecule is CC(Cc1cccs1)N(C)CC1(CC(=O)O)CC1. The molecule has 100 valence electrons. The van der Waals surface area contributed by atoms with Gasteiger partial charge in [0.2, 0.25) is 0 Å². The van der Waals surface area contributed by atoms with Crippen LogP contribution in [0.3, 0.4) is 0 Å². The average molecular weight is 267 g/mol. The lowest BCUT2D eigenvalue weighted by molar-refractivity contribution is -0.138. The fraction of sp³-hybridized carbons (Fsp3) is 0.643. The second-order valence-electron chi connectivity index (χ2n) is 5.62. The summed E-state index contributed by atoms with van der Waals surface area (Å²) in [5, 5.41) is 11.0. The molecule has 0 amide bonds. The van der Waals surface area contributed by atoms with E-state index in [-0.39, 0.29) is 5.41 Å². The van der Waals surface area contributed by atoms with Gasteiger partial charge in [-0.2, -0.15) is 0 Å². The van der Waals surface area contributed by atoms with Crippen LogP contribution in [0.4, 0.5) is 0 Å². The van der Waals surface area contributed by atoms with E-state index in [1.807, 2.05) is 0 Å². The Labute approximate surface area is 112 Å². The molecule has 2 rings (SSSR count). The molecule has 1 aromatic heterocycles. The van der Waals surface area contributed by atoms with Gasteiger partial charge in [0.05, 0.1) is 6.42 Å². The summed E-state index contributed by atoms with van der Waals surface area (Å²) in [6.45, 7) is 3.13. The first kappa shape index (κ1) is 13.6. The molecule has 0 saturated heterocycles. The van der Waals surface area contributed by atoms with Crippen LogP contribution in [0.1, 0.15) is 31.1 Å². The fourth-order valence-corrected chi connectivity index (χ4v) is 3.28. The van der Waals surface area contributed by atoms with Crippen molar-refractivity contribution in [3.05, 3.63) is 22.4 Å². The lowest BCUT2D eigenvalue weighted by Gasteiger charge is -2.28. The van der Waals surface area contributed by atoms with E-state index < -0.39 is 5.97 Å². The molecule has 1 heterocycles. The van der Waals surface area contributed by atoms with Gasteiger partial charge in [0.1, 0.15) is 0 Å². The molecule has 3 nitrogen and oxygen atoms in total. The maximum absolute atomic E-state index is 10.8. The molecule has 0 aromatic carbocycles. The second-order valence-corrected chi connectivity index (χ2v) is 6.65. The Kier molecular flexibility index (Phi) is 4.07. The van der Waals surface area contributed by atoms with Gasteiger partial charge in [-0.1, -0.05) is 6.07 Å². The standard InChI is InChI=1S/C14H21NO2S/c1-11(8-12-4-3-7-18-12)15(2)10-14(5-6-14)9-13(16)17/h3-4,7,11H,5-6,8-10H2,1-2H3,(H,16,17). The van der Waals surface area contributed by atoms with E-state index in [2.05, 4.69) is 36.4 Å². The van der Waals surface area contributed by atoms with Gasteiger partial charge in [-0.15, -0.1) is 11.3 Å². The maximum Gasteiger partial charge on any atom is 0.303 e. The van der Waals surface area contributed by atoms with Crippen LogP contribution in [-0.4, -0.2) is 35.6 Å².